The van der Waals surface area contributed by atoms with Crippen LogP contribution in [0.4, 0.5) is 13.2 Å². The van der Waals surface area contributed by atoms with Crippen molar-refractivity contribution in [3.05, 3.63) is 64.7 Å². The largest absolute Gasteiger partial charge is 0.573 e. The average molecular weight is 386 g/mol. The normalized spacial score (nSPS) is 19.5. The second-order valence-electron chi connectivity index (χ2n) is 7.03. The van der Waals surface area contributed by atoms with Gasteiger partial charge in [-0.25, -0.2) is 0 Å². The average Bonchev–Trinajstić information content (AvgIpc) is 2.52. The van der Waals surface area contributed by atoms with Crippen molar-refractivity contribution in [1.82, 2.24) is 4.90 Å². The maximum Gasteiger partial charge on any atom is 0.573 e. The lowest BCUT2D eigenvalue weighted by atomic mass is 9.62. The second-order valence-corrected chi connectivity index (χ2v) is 7.46. The van der Waals surface area contributed by atoms with Gasteiger partial charge in [0.2, 0.25) is 0 Å². The lowest BCUT2D eigenvalue weighted by Gasteiger charge is -2.56. The molecular formula is C19H19ClF3NO2. The summed E-state index contributed by atoms with van der Waals surface area (Å²) in [7, 11) is 1.94. The van der Waals surface area contributed by atoms with E-state index in [9.17, 15) is 18.3 Å². The molecule has 1 atom stereocenters. The Labute approximate surface area is 155 Å². The van der Waals surface area contributed by atoms with E-state index in [0.29, 0.717) is 29.2 Å². The number of likely N-dealkylation sites (tertiary alicyclic amines) is 1. The Bertz CT molecular complexity index is 788. The molecule has 3 nitrogen and oxygen atoms in total. The molecule has 0 aliphatic carbocycles. The smallest absolute Gasteiger partial charge is 0.406 e. The summed E-state index contributed by atoms with van der Waals surface area (Å²) in [6, 6.07) is 12.3. The van der Waals surface area contributed by atoms with Crippen LogP contribution < -0.4 is 4.74 Å². The number of halogens is 4. The fourth-order valence-electron chi connectivity index (χ4n) is 3.85. The summed E-state index contributed by atoms with van der Waals surface area (Å²) >= 11 is 6.11. The van der Waals surface area contributed by atoms with Crippen LogP contribution in [0.3, 0.4) is 0 Å². The lowest BCUT2D eigenvalue weighted by molar-refractivity contribution is -0.274. The first-order valence-corrected chi connectivity index (χ1v) is 8.45. The lowest BCUT2D eigenvalue weighted by Crippen LogP contribution is -2.63. The maximum atomic E-state index is 12.4. The Hall–Kier alpha value is -1.76. The minimum atomic E-state index is -4.76. The van der Waals surface area contributed by atoms with Crippen LogP contribution in [0.5, 0.6) is 5.75 Å². The van der Waals surface area contributed by atoms with E-state index in [2.05, 4.69) is 9.64 Å². The van der Waals surface area contributed by atoms with Gasteiger partial charge in [-0.3, -0.25) is 0 Å². The van der Waals surface area contributed by atoms with Crippen molar-refractivity contribution >= 4 is 11.6 Å². The van der Waals surface area contributed by atoms with Crippen LogP contribution in [0.15, 0.2) is 48.5 Å². The van der Waals surface area contributed by atoms with Gasteiger partial charge in [0.15, 0.2) is 0 Å². The SMILES string of the molecule is CN1CC(C)([C@](O)(c2ccc(OC(F)(F)F)cc2)c2cccc(Cl)c2)C1. The Balaban J connectivity index is 2.04. The van der Waals surface area contributed by atoms with E-state index < -0.39 is 17.4 Å². The molecule has 1 heterocycles. The highest BCUT2D eigenvalue weighted by Crippen LogP contribution is 2.50. The Kier molecular flexibility index (Phi) is 4.71. The zero-order valence-corrected chi connectivity index (χ0v) is 15.1. The molecule has 2 aromatic rings. The van der Waals surface area contributed by atoms with Crippen LogP contribution in [0, 0.1) is 5.41 Å². The molecule has 0 amide bonds. The summed E-state index contributed by atoms with van der Waals surface area (Å²) in [6.45, 7) is 3.22. The molecule has 26 heavy (non-hydrogen) atoms. The van der Waals surface area contributed by atoms with Gasteiger partial charge in [-0.2, -0.15) is 0 Å². The zero-order chi connectivity index (χ0) is 19.2. The molecule has 2 aromatic carbocycles. The third kappa shape index (κ3) is 3.41. The van der Waals surface area contributed by atoms with E-state index in [1.54, 1.807) is 24.3 Å². The molecule has 3 rings (SSSR count). The molecule has 0 unspecified atom stereocenters. The number of benzene rings is 2. The molecular weight excluding hydrogens is 367 g/mol. The van der Waals surface area contributed by atoms with Gasteiger partial charge >= 0.3 is 6.36 Å². The van der Waals surface area contributed by atoms with Gasteiger partial charge in [-0.05, 0) is 42.4 Å². The van der Waals surface area contributed by atoms with E-state index in [-0.39, 0.29) is 5.75 Å². The number of alkyl halides is 3. The molecule has 1 aliphatic rings. The van der Waals surface area contributed by atoms with Gasteiger partial charge in [0.1, 0.15) is 11.4 Å². The summed E-state index contributed by atoms with van der Waals surface area (Å²) in [6.07, 6.45) is -4.76. The predicted octanol–water partition coefficient (Wildman–Crippen LogP) is 4.43. The van der Waals surface area contributed by atoms with Crippen LogP contribution >= 0.6 is 11.6 Å². The Morgan fingerprint density at radius 2 is 1.69 bits per heavy atom. The van der Waals surface area contributed by atoms with Crippen LogP contribution in [0.2, 0.25) is 5.02 Å². The molecule has 1 saturated heterocycles. The molecule has 0 bridgehead atoms. The van der Waals surface area contributed by atoms with Crippen molar-refractivity contribution in [2.75, 3.05) is 20.1 Å². The molecule has 0 radical (unpaired) electrons. The summed E-state index contributed by atoms with van der Waals surface area (Å²) in [5.74, 6) is -0.328. The van der Waals surface area contributed by atoms with Gasteiger partial charge in [-0.1, -0.05) is 42.8 Å². The molecule has 1 aliphatic heterocycles. The van der Waals surface area contributed by atoms with Crippen molar-refractivity contribution in [3.8, 4) is 5.75 Å². The molecule has 0 saturated carbocycles. The highest BCUT2D eigenvalue weighted by atomic mass is 35.5. The predicted molar refractivity (Wildman–Crippen MR) is 93.2 cm³/mol. The topological polar surface area (TPSA) is 32.7 Å². The standard InChI is InChI=1S/C19H19ClF3NO2/c1-17(11-24(2)12-17)18(25,14-4-3-5-15(20)10-14)13-6-8-16(9-7-13)26-19(21,22)23/h3-10,25H,11-12H2,1-2H3/t18-/m0/s1. The van der Waals surface area contributed by atoms with Gasteiger partial charge in [0.05, 0.1) is 0 Å². The summed E-state index contributed by atoms with van der Waals surface area (Å²) in [5, 5.41) is 12.2. The van der Waals surface area contributed by atoms with Crippen molar-refractivity contribution < 1.29 is 23.0 Å². The number of rotatable bonds is 4. The van der Waals surface area contributed by atoms with Gasteiger partial charge in [-0.15, -0.1) is 13.2 Å². The van der Waals surface area contributed by atoms with Crippen molar-refractivity contribution in [2.24, 2.45) is 5.41 Å². The van der Waals surface area contributed by atoms with Crippen LogP contribution in [0.1, 0.15) is 18.1 Å². The number of nitrogens with zero attached hydrogens (tertiary/aromatic N) is 1. The van der Waals surface area contributed by atoms with E-state index in [1.165, 1.54) is 24.3 Å². The van der Waals surface area contributed by atoms with E-state index in [0.717, 1.165) is 0 Å². The first kappa shape index (κ1) is 19.0. The molecule has 140 valence electrons. The minimum Gasteiger partial charge on any atom is -0.406 e. The fourth-order valence-corrected chi connectivity index (χ4v) is 4.04. The highest BCUT2D eigenvalue weighted by molar-refractivity contribution is 6.30. The second kappa shape index (κ2) is 6.44. The first-order chi connectivity index (χ1) is 12.0. The first-order valence-electron chi connectivity index (χ1n) is 8.07. The van der Waals surface area contributed by atoms with E-state index >= 15 is 0 Å². The summed E-state index contributed by atoms with van der Waals surface area (Å²) in [4.78, 5) is 2.07. The summed E-state index contributed by atoms with van der Waals surface area (Å²) in [5.41, 5.74) is -0.824. The van der Waals surface area contributed by atoms with Gasteiger partial charge < -0.3 is 14.7 Å². The maximum absolute atomic E-state index is 12.4. The van der Waals surface area contributed by atoms with Crippen LogP contribution in [0.25, 0.3) is 0 Å². The van der Waals surface area contributed by atoms with E-state index in [4.69, 9.17) is 11.6 Å². The highest BCUT2D eigenvalue weighted by Gasteiger charge is 2.55. The Morgan fingerprint density at radius 3 is 2.19 bits per heavy atom. The molecule has 7 heteroatoms. The van der Waals surface area contributed by atoms with Gasteiger partial charge in [0, 0.05) is 23.5 Å². The molecule has 0 spiro atoms. The minimum absolute atomic E-state index is 0.328. The number of hydrogen-bond acceptors (Lipinski definition) is 3. The number of ether oxygens (including phenoxy) is 1. The molecule has 1 fully saturated rings. The van der Waals surface area contributed by atoms with Crippen molar-refractivity contribution in [3.63, 3.8) is 0 Å². The number of hydrogen-bond donors (Lipinski definition) is 1. The van der Waals surface area contributed by atoms with Crippen LogP contribution in [-0.4, -0.2) is 36.5 Å². The zero-order valence-electron chi connectivity index (χ0n) is 14.3. The molecule has 0 aromatic heterocycles. The van der Waals surface area contributed by atoms with Crippen LogP contribution in [-0.2, 0) is 5.60 Å². The van der Waals surface area contributed by atoms with Crippen molar-refractivity contribution in [1.29, 1.82) is 0 Å². The monoisotopic (exact) mass is 385 g/mol. The third-order valence-electron chi connectivity index (χ3n) is 4.86. The third-order valence-corrected chi connectivity index (χ3v) is 5.09. The quantitative estimate of drug-likeness (QED) is 0.845. The summed E-state index contributed by atoms with van der Waals surface area (Å²) < 4.78 is 41.1. The van der Waals surface area contributed by atoms with Crippen molar-refractivity contribution in [2.45, 2.75) is 18.9 Å². The van der Waals surface area contributed by atoms with Gasteiger partial charge in [0.25, 0.3) is 0 Å². The van der Waals surface area contributed by atoms with E-state index in [1.807, 2.05) is 14.0 Å². The molecule has 1 N–H and O–H groups in total. The Morgan fingerprint density at radius 1 is 1.08 bits per heavy atom. The fraction of sp³-hybridized carbons (Fsp3) is 0.368. The number of aliphatic hydroxyl groups is 1.